The maximum atomic E-state index is 13.2. The molecule has 0 aliphatic heterocycles. The largest absolute Gasteiger partial charge is 0.462 e. The highest BCUT2D eigenvalue weighted by molar-refractivity contribution is 7.92. The number of ether oxygens (including phenoxy) is 1. The van der Waals surface area contributed by atoms with Crippen molar-refractivity contribution in [3.8, 4) is 0 Å². The molecule has 0 unspecified atom stereocenters. The van der Waals surface area contributed by atoms with E-state index in [9.17, 15) is 17.6 Å². The van der Waals surface area contributed by atoms with Crippen LogP contribution < -0.4 is 4.31 Å². The van der Waals surface area contributed by atoms with Crippen molar-refractivity contribution < 1.29 is 22.3 Å². The first kappa shape index (κ1) is 20.9. The Labute approximate surface area is 159 Å². The average Bonchev–Trinajstić information content (AvgIpc) is 2.59. The Morgan fingerprint density at radius 3 is 2.19 bits per heavy atom. The number of benzene rings is 2. The summed E-state index contributed by atoms with van der Waals surface area (Å²) >= 11 is 0. The third-order valence-corrected chi connectivity index (χ3v) is 5.64. The number of hydrogen-bond acceptors (Lipinski definition) is 4. The molecule has 2 aromatic carbocycles. The number of carbonyl (C=O) groups excluding carboxylic acids is 1. The van der Waals surface area contributed by atoms with E-state index in [2.05, 4.69) is 0 Å². The van der Waals surface area contributed by atoms with E-state index in [-0.39, 0.29) is 16.9 Å². The number of nitrogens with zero attached hydrogens (tertiary/aromatic N) is 1. The number of para-hydroxylation sites is 1. The summed E-state index contributed by atoms with van der Waals surface area (Å²) in [5, 5.41) is 0. The van der Waals surface area contributed by atoms with Crippen LogP contribution in [0.2, 0.25) is 0 Å². The Balaban J connectivity index is 2.56. The quantitative estimate of drug-likeness (QED) is 0.665. The van der Waals surface area contributed by atoms with Gasteiger partial charge in [0.05, 0.1) is 16.7 Å². The van der Waals surface area contributed by atoms with Gasteiger partial charge in [-0.3, -0.25) is 9.10 Å². The van der Waals surface area contributed by atoms with E-state index >= 15 is 0 Å². The molecular formula is C20H24FNO4S. The van der Waals surface area contributed by atoms with E-state index in [0.717, 1.165) is 22.0 Å². The standard InChI is InChI=1S/C20H24FNO4S/c1-14(2)18-7-5-6-8-19(18)22(13-20(23)26-15(3)4)27(24,25)17-11-9-16(21)10-12-17/h5-12,14-15H,13H2,1-4H3. The van der Waals surface area contributed by atoms with E-state index in [0.29, 0.717) is 5.69 Å². The zero-order valence-electron chi connectivity index (χ0n) is 15.8. The van der Waals surface area contributed by atoms with Gasteiger partial charge in [-0.25, -0.2) is 12.8 Å². The van der Waals surface area contributed by atoms with Crippen molar-refractivity contribution >= 4 is 21.7 Å². The number of rotatable bonds is 7. The minimum Gasteiger partial charge on any atom is -0.462 e. The van der Waals surface area contributed by atoms with E-state index in [4.69, 9.17) is 4.74 Å². The van der Waals surface area contributed by atoms with Crippen molar-refractivity contribution in [1.82, 2.24) is 0 Å². The first-order chi connectivity index (χ1) is 12.6. The zero-order chi connectivity index (χ0) is 20.2. The van der Waals surface area contributed by atoms with Gasteiger partial charge in [0.2, 0.25) is 0 Å². The van der Waals surface area contributed by atoms with Gasteiger partial charge in [0, 0.05) is 0 Å². The fraction of sp³-hybridized carbons (Fsp3) is 0.350. The fourth-order valence-corrected chi connectivity index (χ4v) is 4.09. The number of carbonyl (C=O) groups is 1. The minimum absolute atomic E-state index is 0.0354. The van der Waals surface area contributed by atoms with Crippen molar-refractivity contribution in [2.75, 3.05) is 10.8 Å². The van der Waals surface area contributed by atoms with Crippen LogP contribution in [-0.2, 0) is 19.6 Å². The van der Waals surface area contributed by atoms with E-state index in [1.807, 2.05) is 26.0 Å². The van der Waals surface area contributed by atoms with Gasteiger partial charge in [0.15, 0.2) is 0 Å². The first-order valence-corrected chi connectivity index (χ1v) is 10.1. The SMILES string of the molecule is CC(C)OC(=O)CN(c1ccccc1C(C)C)S(=O)(=O)c1ccc(F)cc1. The lowest BCUT2D eigenvalue weighted by Crippen LogP contribution is -2.38. The minimum atomic E-state index is -4.09. The first-order valence-electron chi connectivity index (χ1n) is 8.69. The Morgan fingerprint density at radius 2 is 1.63 bits per heavy atom. The molecule has 27 heavy (non-hydrogen) atoms. The second-order valence-electron chi connectivity index (χ2n) is 6.72. The van der Waals surface area contributed by atoms with Crippen LogP contribution in [0.5, 0.6) is 0 Å². The molecule has 0 bridgehead atoms. The Bertz CT molecular complexity index is 892. The van der Waals surface area contributed by atoms with Crippen LogP contribution in [0.3, 0.4) is 0 Å². The Kier molecular flexibility index (Phi) is 6.59. The summed E-state index contributed by atoms with van der Waals surface area (Å²) in [5.41, 5.74) is 1.18. The summed E-state index contributed by atoms with van der Waals surface area (Å²) in [7, 11) is -4.09. The van der Waals surface area contributed by atoms with Crippen molar-refractivity contribution in [3.63, 3.8) is 0 Å². The normalized spacial score (nSPS) is 11.7. The van der Waals surface area contributed by atoms with Crippen LogP contribution in [0.25, 0.3) is 0 Å². The molecule has 5 nitrogen and oxygen atoms in total. The summed E-state index contributed by atoms with van der Waals surface area (Å²) < 4.78 is 45.9. The lowest BCUT2D eigenvalue weighted by atomic mass is 10.0. The van der Waals surface area contributed by atoms with Crippen molar-refractivity contribution in [1.29, 1.82) is 0 Å². The van der Waals surface area contributed by atoms with Crippen LogP contribution in [0, 0.1) is 5.82 Å². The number of halogens is 1. The third-order valence-electron chi connectivity index (χ3n) is 3.87. The maximum absolute atomic E-state index is 13.2. The van der Waals surface area contributed by atoms with Crippen molar-refractivity contribution in [2.45, 2.75) is 44.6 Å². The van der Waals surface area contributed by atoms with Crippen LogP contribution >= 0.6 is 0 Å². The molecule has 0 atom stereocenters. The van der Waals surface area contributed by atoms with Gasteiger partial charge in [-0.15, -0.1) is 0 Å². The highest BCUT2D eigenvalue weighted by Crippen LogP contribution is 2.31. The summed E-state index contributed by atoms with van der Waals surface area (Å²) in [6.45, 7) is 6.79. The molecule has 0 N–H and O–H groups in total. The van der Waals surface area contributed by atoms with Gasteiger partial charge in [-0.2, -0.15) is 0 Å². The van der Waals surface area contributed by atoms with Crippen LogP contribution in [0.4, 0.5) is 10.1 Å². The number of esters is 1. The molecule has 0 radical (unpaired) electrons. The average molecular weight is 393 g/mol. The van der Waals surface area contributed by atoms with E-state index < -0.39 is 28.4 Å². The third kappa shape index (κ3) is 5.07. The van der Waals surface area contributed by atoms with Crippen LogP contribution in [-0.4, -0.2) is 27.0 Å². The number of sulfonamides is 1. The second kappa shape index (κ2) is 8.52. The van der Waals surface area contributed by atoms with Crippen LogP contribution in [0.15, 0.2) is 53.4 Å². The molecule has 2 aromatic rings. The van der Waals surface area contributed by atoms with Gasteiger partial charge in [-0.05, 0) is 55.7 Å². The molecule has 0 aromatic heterocycles. The molecule has 0 spiro atoms. The molecule has 0 amide bonds. The van der Waals surface area contributed by atoms with Crippen molar-refractivity contribution in [3.05, 3.63) is 59.9 Å². The van der Waals surface area contributed by atoms with Gasteiger partial charge in [0.1, 0.15) is 12.4 Å². The molecule has 7 heteroatoms. The van der Waals surface area contributed by atoms with E-state index in [1.165, 1.54) is 12.1 Å². The van der Waals surface area contributed by atoms with E-state index in [1.54, 1.807) is 26.0 Å². The maximum Gasteiger partial charge on any atom is 0.327 e. The molecule has 2 rings (SSSR count). The summed E-state index contributed by atoms with van der Waals surface area (Å²) in [6.07, 6.45) is -0.367. The highest BCUT2D eigenvalue weighted by Gasteiger charge is 2.30. The lowest BCUT2D eigenvalue weighted by molar-refractivity contribution is -0.145. The predicted molar refractivity (Wildman–Crippen MR) is 103 cm³/mol. The molecule has 0 heterocycles. The smallest absolute Gasteiger partial charge is 0.327 e. The van der Waals surface area contributed by atoms with Crippen molar-refractivity contribution in [2.24, 2.45) is 0 Å². The van der Waals surface area contributed by atoms with Gasteiger partial charge >= 0.3 is 5.97 Å². The van der Waals surface area contributed by atoms with Crippen LogP contribution in [0.1, 0.15) is 39.2 Å². The molecule has 0 aliphatic carbocycles. The Hall–Kier alpha value is -2.41. The lowest BCUT2D eigenvalue weighted by Gasteiger charge is -2.27. The molecule has 0 saturated carbocycles. The highest BCUT2D eigenvalue weighted by atomic mass is 32.2. The summed E-state index contributed by atoms with van der Waals surface area (Å²) in [6, 6.07) is 11.5. The molecule has 0 aliphatic rings. The monoisotopic (exact) mass is 393 g/mol. The van der Waals surface area contributed by atoms with Gasteiger partial charge in [0.25, 0.3) is 10.0 Å². The fourth-order valence-electron chi connectivity index (χ4n) is 2.65. The second-order valence-corrected chi connectivity index (χ2v) is 8.58. The van der Waals surface area contributed by atoms with Gasteiger partial charge in [-0.1, -0.05) is 32.0 Å². The molecule has 0 fully saturated rings. The Morgan fingerprint density at radius 1 is 1.04 bits per heavy atom. The summed E-state index contributed by atoms with van der Waals surface area (Å²) in [5.74, 6) is -1.16. The number of hydrogen-bond donors (Lipinski definition) is 0. The predicted octanol–water partition coefficient (Wildman–Crippen LogP) is 4.10. The molecular weight excluding hydrogens is 369 g/mol. The molecule has 0 saturated heterocycles. The zero-order valence-corrected chi connectivity index (χ0v) is 16.7. The topological polar surface area (TPSA) is 63.7 Å². The summed E-state index contributed by atoms with van der Waals surface area (Å²) in [4.78, 5) is 12.2. The molecule has 146 valence electrons. The van der Waals surface area contributed by atoms with Gasteiger partial charge < -0.3 is 4.74 Å². The number of anilines is 1.